The smallest absolute Gasteiger partial charge is 0.270 e. The lowest BCUT2D eigenvalue weighted by molar-refractivity contribution is 0.0941. The normalized spacial score (nSPS) is 17.2. The van der Waals surface area contributed by atoms with Gasteiger partial charge >= 0.3 is 0 Å². The van der Waals surface area contributed by atoms with Crippen molar-refractivity contribution in [3.8, 4) is 17.1 Å². The van der Waals surface area contributed by atoms with Crippen molar-refractivity contribution in [1.29, 1.82) is 0 Å². The number of carbonyl (C=O) groups excluding carboxylic acids is 1. The standard InChI is InChI=1S/C23H27ClN4O2/c1-17-7-2-3-12-27(17)13-6-11-25-23(29)21-16-20(22-10-5-14-30-22)26-28(21)19-9-4-8-18(24)15-19/h4-5,8-10,14-17H,2-3,6-7,11-13H2,1H3,(H,25,29)/t17-/m1/s1. The van der Waals surface area contributed by atoms with Gasteiger partial charge in [0.2, 0.25) is 0 Å². The van der Waals surface area contributed by atoms with Gasteiger partial charge in [-0.25, -0.2) is 4.68 Å². The van der Waals surface area contributed by atoms with E-state index < -0.39 is 0 Å². The highest BCUT2D eigenvalue weighted by Crippen LogP contribution is 2.23. The van der Waals surface area contributed by atoms with Crippen LogP contribution in [0.25, 0.3) is 17.1 Å². The van der Waals surface area contributed by atoms with Crippen LogP contribution in [0, 0.1) is 0 Å². The molecule has 1 amide bonds. The fourth-order valence-corrected chi connectivity index (χ4v) is 4.14. The minimum atomic E-state index is -0.160. The lowest BCUT2D eigenvalue weighted by Crippen LogP contribution is -2.39. The number of nitrogens with zero attached hydrogens (tertiary/aromatic N) is 3. The van der Waals surface area contributed by atoms with Gasteiger partial charge < -0.3 is 14.6 Å². The van der Waals surface area contributed by atoms with Crippen molar-refractivity contribution in [3.63, 3.8) is 0 Å². The Labute approximate surface area is 181 Å². The minimum Gasteiger partial charge on any atom is -0.463 e. The Morgan fingerprint density at radius 1 is 1.27 bits per heavy atom. The van der Waals surface area contributed by atoms with Crippen molar-refractivity contribution in [3.05, 3.63) is 59.4 Å². The zero-order valence-electron chi connectivity index (χ0n) is 17.2. The second-order valence-electron chi connectivity index (χ2n) is 7.77. The Bertz CT molecular complexity index is 983. The van der Waals surface area contributed by atoms with Crippen LogP contribution >= 0.6 is 11.6 Å². The highest BCUT2D eigenvalue weighted by Gasteiger charge is 2.20. The Morgan fingerprint density at radius 2 is 2.17 bits per heavy atom. The molecule has 0 unspecified atom stereocenters. The van der Waals surface area contributed by atoms with Gasteiger partial charge in [-0.2, -0.15) is 5.10 Å². The highest BCUT2D eigenvalue weighted by atomic mass is 35.5. The SMILES string of the molecule is C[C@@H]1CCCCN1CCCNC(=O)c1cc(-c2ccco2)nn1-c1cccc(Cl)c1. The van der Waals surface area contributed by atoms with E-state index in [0.29, 0.717) is 34.8 Å². The van der Waals surface area contributed by atoms with Gasteiger partial charge in [-0.15, -0.1) is 0 Å². The molecular weight excluding hydrogens is 400 g/mol. The molecule has 1 N–H and O–H groups in total. The quantitative estimate of drug-likeness (QED) is 0.552. The number of carbonyl (C=O) groups is 1. The zero-order chi connectivity index (χ0) is 20.9. The number of aromatic nitrogens is 2. The van der Waals surface area contributed by atoms with E-state index in [1.165, 1.54) is 19.3 Å². The predicted octanol–water partition coefficient (Wildman–Crippen LogP) is 4.78. The third kappa shape index (κ3) is 4.77. The van der Waals surface area contributed by atoms with Crippen molar-refractivity contribution < 1.29 is 9.21 Å². The second-order valence-corrected chi connectivity index (χ2v) is 8.21. The Kier molecular flexibility index (Phi) is 6.55. The average molecular weight is 427 g/mol. The first-order chi connectivity index (χ1) is 14.6. The van der Waals surface area contributed by atoms with Crippen molar-refractivity contribution in [2.75, 3.05) is 19.6 Å². The molecular formula is C23H27ClN4O2. The number of likely N-dealkylation sites (tertiary alicyclic amines) is 1. The molecule has 1 aromatic carbocycles. The molecule has 6 nitrogen and oxygen atoms in total. The molecule has 158 valence electrons. The summed E-state index contributed by atoms with van der Waals surface area (Å²) < 4.78 is 7.08. The maximum absolute atomic E-state index is 13.0. The van der Waals surface area contributed by atoms with Gasteiger partial charge in [0, 0.05) is 30.2 Å². The van der Waals surface area contributed by atoms with Crippen LogP contribution in [0.15, 0.2) is 53.1 Å². The van der Waals surface area contributed by atoms with Crippen LogP contribution < -0.4 is 5.32 Å². The molecule has 0 aliphatic carbocycles. The summed E-state index contributed by atoms with van der Waals surface area (Å²) in [5.74, 6) is 0.455. The van der Waals surface area contributed by atoms with E-state index in [4.69, 9.17) is 16.0 Å². The van der Waals surface area contributed by atoms with Crippen LogP contribution in [-0.4, -0.2) is 46.3 Å². The Morgan fingerprint density at radius 3 is 2.93 bits per heavy atom. The summed E-state index contributed by atoms with van der Waals surface area (Å²) in [6.07, 6.45) is 6.37. The van der Waals surface area contributed by atoms with Gasteiger partial charge in [-0.05, 0) is 63.1 Å². The average Bonchev–Trinajstić information content (AvgIpc) is 3.42. The maximum atomic E-state index is 13.0. The largest absolute Gasteiger partial charge is 0.463 e. The van der Waals surface area contributed by atoms with E-state index in [-0.39, 0.29) is 5.91 Å². The summed E-state index contributed by atoms with van der Waals surface area (Å²) >= 11 is 6.16. The number of halogens is 1. The summed E-state index contributed by atoms with van der Waals surface area (Å²) in [7, 11) is 0. The lowest BCUT2D eigenvalue weighted by atomic mass is 10.0. The van der Waals surface area contributed by atoms with E-state index in [1.807, 2.05) is 18.2 Å². The summed E-state index contributed by atoms with van der Waals surface area (Å²) in [5.41, 5.74) is 1.79. The molecule has 0 radical (unpaired) electrons. The number of hydrogen-bond donors (Lipinski definition) is 1. The molecule has 0 saturated carbocycles. The maximum Gasteiger partial charge on any atom is 0.270 e. The number of amides is 1. The van der Waals surface area contributed by atoms with Crippen LogP contribution in [0.3, 0.4) is 0 Å². The zero-order valence-corrected chi connectivity index (χ0v) is 17.9. The number of hydrogen-bond acceptors (Lipinski definition) is 4. The van der Waals surface area contributed by atoms with Gasteiger partial charge in [0.15, 0.2) is 5.76 Å². The number of nitrogens with one attached hydrogen (secondary N) is 1. The van der Waals surface area contributed by atoms with Crippen molar-refractivity contribution >= 4 is 17.5 Å². The molecule has 3 aromatic rings. The number of piperidine rings is 1. The fourth-order valence-electron chi connectivity index (χ4n) is 3.96. The number of rotatable bonds is 7. The number of furan rings is 1. The van der Waals surface area contributed by atoms with E-state index in [2.05, 4.69) is 22.2 Å². The Balaban J connectivity index is 1.47. The molecule has 1 fully saturated rings. The monoisotopic (exact) mass is 426 g/mol. The summed E-state index contributed by atoms with van der Waals surface area (Å²) in [5, 5.41) is 8.23. The summed E-state index contributed by atoms with van der Waals surface area (Å²) in [6.45, 7) is 5.08. The molecule has 2 aromatic heterocycles. The third-order valence-corrected chi connectivity index (χ3v) is 5.85. The van der Waals surface area contributed by atoms with E-state index in [9.17, 15) is 4.79 Å². The second kappa shape index (κ2) is 9.49. The minimum absolute atomic E-state index is 0.160. The van der Waals surface area contributed by atoms with Gasteiger partial charge in [-0.1, -0.05) is 24.1 Å². The predicted molar refractivity (Wildman–Crippen MR) is 118 cm³/mol. The van der Waals surface area contributed by atoms with E-state index in [0.717, 1.165) is 25.2 Å². The molecule has 4 rings (SSSR count). The lowest BCUT2D eigenvalue weighted by Gasteiger charge is -2.33. The van der Waals surface area contributed by atoms with Crippen LogP contribution in [-0.2, 0) is 0 Å². The molecule has 0 spiro atoms. The van der Waals surface area contributed by atoms with Crippen molar-refractivity contribution in [2.45, 2.75) is 38.6 Å². The van der Waals surface area contributed by atoms with Crippen molar-refractivity contribution in [1.82, 2.24) is 20.0 Å². The molecule has 1 aliphatic rings. The molecule has 0 bridgehead atoms. The first kappa shape index (κ1) is 20.7. The third-order valence-electron chi connectivity index (χ3n) is 5.62. The fraction of sp³-hybridized carbons (Fsp3) is 0.391. The topological polar surface area (TPSA) is 63.3 Å². The van der Waals surface area contributed by atoms with Crippen LogP contribution in [0.1, 0.15) is 43.1 Å². The molecule has 30 heavy (non-hydrogen) atoms. The highest BCUT2D eigenvalue weighted by molar-refractivity contribution is 6.30. The molecule has 1 atom stereocenters. The van der Waals surface area contributed by atoms with Crippen LogP contribution in [0.4, 0.5) is 0 Å². The molecule has 1 saturated heterocycles. The van der Waals surface area contributed by atoms with Crippen molar-refractivity contribution in [2.24, 2.45) is 0 Å². The van der Waals surface area contributed by atoms with E-state index >= 15 is 0 Å². The summed E-state index contributed by atoms with van der Waals surface area (Å²) in [4.78, 5) is 15.5. The molecule has 3 heterocycles. The molecule has 1 aliphatic heterocycles. The van der Waals surface area contributed by atoms with Gasteiger partial charge in [0.25, 0.3) is 5.91 Å². The van der Waals surface area contributed by atoms with Gasteiger partial charge in [0.1, 0.15) is 11.4 Å². The first-order valence-electron chi connectivity index (χ1n) is 10.5. The van der Waals surface area contributed by atoms with E-state index in [1.54, 1.807) is 35.2 Å². The Hall–Kier alpha value is -2.57. The van der Waals surface area contributed by atoms with Crippen LogP contribution in [0.5, 0.6) is 0 Å². The molecule has 7 heteroatoms. The summed E-state index contributed by atoms with van der Waals surface area (Å²) in [6, 6.07) is 13.3. The first-order valence-corrected chi connectivity index (χ1v) is 10.9. The van der Waals surface area contributed by atoms with Gasteiger partial charge in [0.05, 0.1) is 12.0 Å². The van der Waals surface area contributed by atoms with Crippen LogP contribution in [0.2, 0.25) is 5.02 Å². The van der Waals surface area contributed by atoms with Gasteiger partial charge in [-0.3, -0.25) is 4.79 Å². The number of benzene rings is 1.